The van der Waals surface area contributed by atoms with E-state index in [0.717, 1.165) is 24.4 Å². The summed E-state index contributed by atoms with van der Waals surface area (Å²) in [5, 5.41) is 0. The first-order valence-electron chi connectivity index (χ1n) is 8.00. The molecule has 2 nitrogen and oxygen atoms in total. The van der Waals surface area contributed by atoms with E-state index in [2.05, 4.69) is 25.8 Å². The quantitative estimate of drug-likeness (QED) is 0.834. The molecule has 0 aromatic rings. The Morgan fingerprint density at radius 2 is 1.44 bits per heavy atom. The second-order valence-electron chi connectivity index (χ2n) is 7.14. The van der Waals surface area contributed by atoms with Crippen LogP contribution in [0.5, 0.6) is 0 Å². The van der Waals surface area contributed by atoms with Crippen molar-refractivity contribution in [2.45, 2.75) is 76.8 Å². The third kappa shape index (κ3) is 2.91. The fourth-order valence-corrected chi connectivity index (χ4v) is 4.02. The highest BCUT2D eigenvalue weighted by atomic mass is 15.2. The maximum atomic E-state index is 6.18. The standard InChI is InChI=1S/C16H32N2/c1-13-4-6-15(7-5-13)18(3)16(12-17)10-8-14(2)9-11-16/h13-15H,4-12,17H2,1-3H3. The number of likely N-dealkylation sites (N-methyl/N-ethyl adjacent to an activating group) is 1. The van der Waals surface area contributed by atoms with Gasteiger partial charge in [-0.25, -0.2) is 0 Å². The molecule has 18 heavy (non-hydrogen) atoms. The zero-order valence-corrected chi connectivity index (χ0v) is 12.6. The van der Waals surface area contributed by atoms with E-state index in [9.17, 15) is 0 Å². The Bertz CT molecular complexity index is 248. The van der Waals surface area contributed by atoms with Gasteiger partial charge in [0.25, 0.3) is 0 Å². The Morgan fingerprint density at radius 1 is 0.944 bits per heavy atom. The van der Waals surface area contributed by atoms with Gasteiger partial charge in [-0.15, -0.1) is 0 Å². The molecule has 2 fully saturated rings. The van der Waals surface area contributed by atoms with Crippen LogP contribution in [0.3, 0.4) is 0 Å². The monoisotopic (exact) mass is 252 g/mol. The van der Waals surface area contributed by atoms with Crippen molar-refractivity contribution >= 4 is 0 Å². The lowest BCUT2D eigenvalue weighted by molar-refractivity contribution is 0.0145. The summed E-state index contributed by atoms with van der Waals surface area (Å²) < 4.78 is 0. The SMILES string of the molecule is CC1CCC(N(C)C2(CN)CCC(C)CC2)CC1. The lowest BCUT2D eigenvalue weighted by atomic mass is 9.74. The number of rotatable bonds is 3. The molecule has 2 saturated carbocycles. The van der Waals surface area contributed by atoms with Gasteiger partial charge in [0.15, 0.2) is 0 Å². The smallest absolute Gasteiger partial charge is 0.0331 e. The molecule has 2 aliphatic rings. The van der Waals surface area contributed by atoms with E-state index in [1.807, 2.05) is 0 Å². The van der Waals surface area contributed by atoms with E-state index in [1.54, 1.807) is 0 Å². The van der Waals surface area contributed by atoms with Gasteiger partial charge in [-0.3, -0.25) is 4.90 Å². The molecule has 0 aliphatic heterocycles. The van der Waals surface area contributed by atoms with Crippen molar-refractivity contribution in [2.75, 3.05) is 13.6 Å². The summed E-state index contributed by atoms with van der Waals surface area (Å²) in [6.45, 7) is 5.64. The number of hydrogen-bond donors (Lipinski definition) is 1. The van der Waals surface area contributed by atoms with E-state index in [1.165, 1.54) is 51.4 Å². The highest BCUT2D eigenvalue weighted by Crippen LogP contribution is 2.39. The third-order valence-corrected chi connectivity index (χ3v) is 5.87. The van der Waals surface area contributed by atoms with Gasteiger partial charge in [0.2, 0.25) is 0 Å². The summed E-state index contributed by atoms with van der Waals surface area (Å²) in [5.41, 5.74) is 6.49. The predicted molar refractivity (Wildman–Crippen MR) is 78.6 cm³/mol. The Morgan fingerprint density at radius 3 is 1.94 bits per heavy atom. The second kappa shape index (κ2) is 5.92. The van der Waals surface area contributed by atoms with E-state index < -0.39 is 0 Å². The molecule has 0 aromatic heterocycles. The van der Waals surface area contributed by atoms with Crippen LogP contribution in [0.15, 0.2) is 0 Å². The zero-order valence-electron chi connectivity index (χ0n) is 12.6. The van der Waals surface area contributed by atoms with Crippen molar-refractivity contribution in [3.63, 3.8) is 0 Å². The molecule has 0 atom stereocenters. The summed E-state index contributed by atoms with van der Waals surface area (Å²) in [6.07, 6.45) is 10.9. The van der Waals surface area contributed by atoms with Gasteiger partial charge in [-0.2, -0.15) is 0 Å². The fourth-order valence-electron chi connectivity index (χ4n) is 4.02. The maximum absolute atomic E-state index is 6.18. The Kier molecular flexibility index (Phi) is 4.71. The molecule has 0 saturated heterocycles. The van der Waals surface area contributed by atoms with Gasteiger partial charge in [0.1, 0.15) is 0 Å². The Balaban J connectivity index is 1.98. The van der Waals surface area contributed by atoms with Crippen LogP contribution in [0.25, 0.3) is 0 Å². The van der Waals surface area contributed by atoms with Gasteiger partial charge in [-0.1, -0.05) is 13.8 Å². The molecule has 0 radical (unpaired) electrons. The highest BCUT2D eigenvalue weighted by molar-refractivity contribution is 4.97. The molecule has 2 rings (SSSR count). The molecule has 0 aromatic carbocycles. The summed E-state index contributed by atoms with van der Waals surface area (Å²) in [6, 6.07) is 0.790. The molecule has 106 valence electrons. The molecular weight excluding hydrogens is 220 g/mol. The summed E-state index contributed by atoms with van der Waals surface area (Å²) in [7, 11) is 2.35. The van der Waals surface area contributed by atoms with Crippen molar-refractivity contribution in [3.05, 3.63) is 0 Å². The molecule has 2 aliphatic carbocycles. The van der Waals surface area contributed by atoms with Crippen molar-refractivity contribution in [1.29, 1.82) is 0 Å². The number of nitrogens with zero attached hydrogens (tertiary/aromatic N) is 1. The van der Waals surface area contributed by atoms with Crippen LogP contribution in [0.4, 0.5) is 0 Å². The van der Waals surface area contributed by atoms with Crippen molar-refractivity contribution < 1.29 is 0 Å². The molecule has 0 spiro atoms. The topological polar surface area (TPSA) is 29.3 Å². The van der Waals surface area contributed by atoms with Crippen LogP contribution in [0, 0.1) is 11.8 Å². The second-order valence-corrected chi connectivity index (χ2v) is 7.14. The van der Waals surface area contributed by atoms with Crippen LogP contribution in [0.2, 0.25) is 0 Å². The van der Waals surface area contributed by atoms with E-state index >= 15 is 0 Å². The van der Waals surface area contributed by atoms with Crippen molar-refractivity contribution in [3.8, 4) is 0 Å². The zero-order chi connectivity index (χ0) is 13.2. The molecule has 2 heteroatoms. The fraction of sp³-hybridized carbons (Fsp3) is 1.00. The average molecular weight is 252 g/mol. The van der Waals surface area contributed by atoms with Gasteiger partial charge in [0.05, 0.1) is 0 Å². The van der Waals surface area contributed by atoms with Gasteiger partial charge in [0, 0.05) is 18.1 Å². The molecule has 0 unspecified atom stereocenters. The van der Waals surface area contributed by atoms with Crippen molar-refractivity contribution in [1.82, 2.24) is 4.90 Å². The van der Waals surface area contributed by atoms with E-state index in [4.69, 9.17) is 5.73 Å². The van der Waals surface area contributed by atoms with Gasteiger partial charge >= 0.3 is 0 Å². The maximum Gasteiger partial charge on any atom is 0.0331 e. The van der Waals surface area contributed by atoms with Crippen LogP contribution in [-0.4, -0.2) is 30.1 Å². The third-order valence-electron chi connectivity index (χ3n) is 5.87. The first kappa shape index (κ1) is 14.3. The Hall–Kier alpha value is -0.0800. The Labute approximate surface area is 113 Å². The first-order chi connectivity index (χ1) is 8.57. The molecule has 0 amide bonds. The molecular formula is C16H32N2. The predicted octanol–water partition coefficient (Wildman–Crippen LogP) is 3.40. The summed E-state index contributed by atoms with van der Waals surface area (Å²) in [5.74, 6) is 1.85. The number of nitrogens with two attached hydrogens (primary N) is 1. The highest BCUT2D eigenvalue weighted by Gasteiger charge is 2.40. The minimum atomic E-state index is 0.317. The summed E-state index contributed by atoms with van der Waals surface area (Å²) >= 11 is 0. The van der Waals surface area contributed by atoms with Crippen molar-refractivity contribution in [2.24, 2.45) is 17.6 Å². The van der Waals surface area contributed by atoms with Crippen LogP contribution in [0.1, 0.15) is 65.2 Å². The van der Waals surface area contributed by atoms with Crippen LogP contribution >= 0.6 is 0 Å². The summed E-state index contributed by atoms with van der Waals surface area (Å²) in [4.78, 5) is 2.69. The van der Waals surface area contributed by atoms with Gasteiger partial charge in [-0.05, 0) is 70.3 Å². The molecule has 0 heterocycles. The number of hydrogen-bond acceptors (Lipinski definition) is 2. The lowest BCUT2D eigenvalue weighted by Crippen LogP contribution is -2.58. The largest absolute Gasteiger partial charge is 0.329 e. The van der Waals surface area contributed by atoms with E-state index in [0.29, 0.717) is 5.54 Å². The minimum Gasteiger partial charge on any atom is -0.329 e. The normalized spacial score (nSPS) is 42.2. The average Bonchev–Trinajstić information content (AvgIpc) is 2.40. The molecule has 0 bridgehead atoms. The molecule has 2 N–H and O–H groups in total. The van der Waals surface area contributed by atoms with Crippen LogP contribution < -0.4 is 5.73 Å². The van der Waals surface area contributed by atoms with Crippen LogP contribution in [-0.2, 0) is 0 Å². The lowest BCUT2D eigenvalue weighted by Gasteiger charge is -2.50. The van der Waals surface area contributed by atoms with Gasteiger partial charge < -0.3 is 5.73 Å². The first-order valence-corrected chi connectivity index (χ1v) is 8.00. The van der Waals surface area contributed by atoms with E-state index in [-0.39, 0.29) is 0 Å². The minimum absolute atomic E-state index is 0.317.